The zero-order valence-corrected chi connectivity index (χ0v) is 18.1. The summed E-state index contributed by atoms with van der Waals surface area (Å²) in [5, 5.41) is 2.93. The molecule has 1 N–H and O–H groups in total. The number of rotatable bonds is 5. The van der Waals surface area contributed by atoms with Gasteiger partial charge in [-0.3, -0.25) is 4.79 Å². The molecule has 0 unspecified atom stereocenters. The third-order valence-electron chi connectivity index (χ3n) is 4.81. The summed E-state index contributed by atoms with van der Waals surface area (Å²) in [4.78, 5) is 28.6. The lowest BCUT2D eigenvalue weighted by atomic mass is 9.90. The Morgan fingerprint density at radius 2 is 1.82 bits per heavy atom. The van der Waals surface area contributed by atoms with Gasteiger partial charge in [-0.05, 0) is 71.3 Å². The number of carbonyl (C=O) groups excluding carboxylic acids is 2. The fourth-order valence-electron chi connectivity index (χ4n) is 3.36. The lowest BCUT2D eigenvalue weighted by Gasteiger charge is -2.39. The summed E-state index contributed by atoms with van der Waals surface area (Å²) in [6, 6.07) is 7.83. The minimum Gasteiger partial charge on any atom is -0.444 e. The van der Waals surface area contributed by atoms with Gasteiger partial charge in [0.15, 0.2) is 0 Å². The fraction of sp³-hybridized carbons (Fsp3) is 0.636. The average Bonchev–Trinajstić information content (AvgIpc) is 2.59. The van der Waals surface area contributed by atoms with Crippen molar-refractivity contribution < 1.29 is 14.3 Å². The highest BCUT2D eigenvalue weighted by atomic mass is 16.6. The molecule has 1 aromatic rings. The summed E-state index contributed by atoms with van der Waals surface area (Å²) < 4.78 is 5.63. The Morgan fingerprint density at radius 3 is 2.39 bits per heavy atom. The van der Waals surface area contributed by atoms with Gasteiger partial charge in [-0.1, -0.05) is 19.1 Å². The molecule has 1 fully saturated rings. The summed E-state index contributed by atoms with van der Waals surface area (Å²) in [6.45, 7) is 9.25. The number of amides is 2. The van der Waals surface area contributed by atoms with Crippen molar-refractivity contribution in [3.05, 3.63) is 29.8 Å². The first-order chi connectivity index (χ1) is 13.0. The van der Waals surface area contributed by atoms with Crippen molar-refractivity contribution in [2.75, 3.05) is 32.5 Å². The Labute approximate surface area is 169 Å². The van der Waals surface area contributed by atoms with E-state index in [1.807, 2.05) is 68.9 Å². The third kappa shape index (κ3) is 6.82. The second-order valence-corrected chi connectivity index (χ2v) is 9.05. The first-order valence-corrected chi connectivity index (χ1v) is 10.1. The molecule has 6 heteroatoms. The zero-order valence-electron chi connectivity index (χ0n) is 18.1. The molecule has 0 bridgehead atoms. The van der Waals surface area contributed by atoms with Crippen LogP contribution in [0.3, 0.4) is 0 Å². The van der Waals surface area contributed by atoms with Crippen LogP contribution in [0.2, 0.25) is 0 Å². The molecule has 0 radical (unpaired) electrons. The van der Waals surface area contributed by atoms with E-state index in [4.69, 9.17) is 4.74 Å². The summed E-state index contributed by atoms with van der Waals surface area (Å²) in [5.41, 5.74) is 1.34. The number of likely N-dealkylation sites (tertiary alicyclic amines) is 1. The Balaban J connectivity index is 2.07. The van der Waals surface area contributed by atoms with Crippen molar-refractivity contribution in [1.82, 2.24) is 9.80 Å². The molecule has 0 aliphatic carbocycles. The van der Waals surface area contributed by atoms with Gasteiger partial charge >= 0.3 is 6.09 Å². The maximum absolute atomic E-state index is 12.7. The monoisotopic (exact) mass is 389 g/mol. The van der Waals surface area contributed by atoms with E-state index in [2.05, 4.69) is 12.2 Å². The van der Waals surface area contributed by atoms with Gasteiger partial charge in [-0.2, -0.15) is 0 Å². The van der Waals surface area contributed by atoms with Gasteiger partial charge in [0, 0.05) is 25.2 Å². The minimum atomic E-state index is -0.511. The van der Waals surface area contributed by atoms with E-state index in [-0.39, 0.29) is 18.0 Å². The van der Waals surface area contributed by atoms with Crippen LogP contribution in [-0.2, 0) is 9.53 Å². The van der Waals surface area contributed by atoms with Crippen LogP contribution in [0, 0.1) is 5.92 Å². The SMILES string of the molecule is C[C@H]1CC[C@H](c2ccc(NC(=O)CCN(C)C)cc2)N(C(=O)OC(C)(C)C)C1. The van der Waals surface area contributed by atoms with Gasteiger partial charge < -0.3 is 19.9 Å². The molecule has 6 nitrogen and oxygen atoms in total. The van der Waals surface area contributed by atoms with Crippen molar-refractivity contribution in [2.45, 2.75) is 58.6 Å². The van der Waals surface area contributed by atoms with Crippen LogP contribution in [0.15, 0.2) is 24.3 Å². The van der Waals surface area contributed by atoms with Crippen LogP contribution < -0.4 is 5.32 Å². The molecule has 1 aromatic carbocycles. The molecular weight excluding hydrogens is 354 g/mol. The number of nitrogens with one attached hydrogen (secondary N) is 1. The molecule has 28 heavy (non-hydrogen) atoms. The van der Waals surface area contributed by atoms with E-state index in [1.165, 1.54) is 0 Å². The molecule has 156 valence electrons. The molecule has 2 rings (SSSR count). The topological polar surface area (TPSA) is 61.9 Å². The van der Waals surface area contributed by atoms with Gasteiger partial charge in [0.25, 0.3) is 0 Å². The summed E-state index contributed by atoms with van der Waals surface area (Å²) >= 11 is 0. The fourth-order valence-corrected chi connectivity index (χ4v) is 3.36. The van der Waals surface area contributed by atoms with Crippen molar-refractivity contribution in [2.24, 2.45) is 5.92 Å². The highest BCUT2D eigenvalue weighted by Crippen LogP contribution is 2.34. The standard InChI is InChI=1S/C22H35N3O3/c1-16-7-12-19(25(15-16)21(27)28-22(2,3)4)17-8-10-18(11-9-17)23-20(26)13-14-24(5)6/h8-11,16,19H,7,12-15H2,1-6H3,(H,23,26)/t16-,19+/m0/s1. The maximum atomic E-state index is 12.7. The largest absolute Gasteiger partial charge is 0.444 e. The van der Waals surface area contributed by atoms with Crippen molar-refractivity contribution in [3.8, 4) is 0 Å². The number of nitrogens with zero attached hydrogens (tertiary/aromatic N) is 2. The highest BCUT2D eigenvalue weighted by Gasteiger charge is 2.33. The number of piperidine rings is 1. The van der Waals surface area contributed by atoms with Gasteiger partial charge in [0.1, 0.15) is 5.60 Å². The number of benzene rings is 1. The number of carbonyl (C=O) groups is 2. The lowest BCUT2D eigenvalue weighted by molar-refractivity contribution is -0.116. The minimum absolute atomic E-state index is 0.00308. The van der Waals surface area contributed by atoms with Gasteiger partial charge in [-0.25, -0.2) is 4.79 Å². The van der Waals surface area contributed by atoms with Crippen LogP contribution in [0.1, 0.15) is 58.6 Å². The Bertz CT molecular complexity index is 665. The zero-order chi connectivity index (χ0) is 20.9. The van der Waals surface area contributed by atoms with Crippen LogP contribution in [0.4, 0.5) is 10.5 Å². The third-order valence-corrected chi connectivity index (χ3v) is 4.81. The second-order valence-electron chi connectivity index (χ2n) is 9.05. The molecule has 1 aliphatic rings. The number of hydrogen-bond acceptors (Lipinski definition) is 4. The first kappa shape index (κ1) is 22.2. The Morgan fingerprint density at radius 1 is 1.18 bits per heavy atom. The van der Waals surface area contributed by atoms with Crippen LogP contribution in [0.25, 0.3) is 0 Å². The van der Waals surface area contributed by atoms with E-state index >= 15 is 0 Å². The number of hydrogen-bond donors (Lipinski definition) is 1. The molecular formula is C22H35N3O3. The average molecular weight is 390 g/mol. The normalized spacial score (nSPS) is 20.2. The van der Waals surface area contributed by atoms with Crippen molar-refractivity contribution >= 4 is 17.7 Å². The summed E-state index contributed by atoms with van der Waals surface area (Å²) in [7, 11) is 3.90. The van der Waals surface area contributed by atoms with Crippen molar-refractivity contribution in [3.63, 3.8) is 0 Å². The van der Waals surface area contributed by atoms with Gasteiger partial charge in [-0.15, -0.1) is 0 Å². The Kier molecular flexibility index (Phi) is 7.47. The number of ether oxygens (including phenoxy) is 1. The summed E-state index contributed by atoms with van der Waals surface area (Å²) in [6.07, 6.45) is 2.19. The molecule has 2 amide bonds. The molecule has 2 atom stereocenters. The van der Waals surface area contributed by atoms with E-state index < -0.39 is 5.60 Å². The molecule has 0 saturated carbocycles. The van der Waals surface area contributed by atoms with E-state index in [1.54, 1.807) is 0 Å². The predicted molar refractivity (Wildman–Crippen MR) is 112 cm³/mol. The Hall–Kier alpha value is -2.08. The smallest absolute Gasteiger partial charge is 0.410 e. The van der Waals surface area contributed by atoms with E-state index in [0.29, 0.717) is 18.9 Å². The van der Waals surface area contributed by atoms with Crippen LogP contribution >= 0.6 is 0 Å². The molecule has 0 aromatic heterocycles. The second kappa shape index (κ2) is 9.41. The predicted octanol–water partition coefficient (Wildman–Crippen LogP) is 4.28. The maximum Gasteiger partial charge on any atom is 0.410 e. The summed E-state index contributed by atoms with van der Waals surface area (Å²) in [5.74, 6) is 0.461. The quantitative estimate of drug-likeness (QED) is 0.816. The van der Waals surface area contributed by atoms with Crippen molar-refractivity contribution in [1.29, 1.82) is 0 Å². The molecule has 0 spiro atoms. The molecule has 1 saturated heterocycles. The van der Waals surface area contributed by atoms with E-state index in [0.717, 1.165) is 30.6 Å². The molecule has 1 aliphatic heterocycles. The van der Waals surface area contributed by atoms with Crippen LogP contribution in [-0.4, -0.2) is 54.6 Å². The van der Waals surface area contributed by atoms with E-state index in [9.17, 15) is 9.59 Å². The number of anilines is 1. The lowest BCUT2D eigenvalue weighted by Crippen LogP contribution is -2.44. The molecule has 1 heterocycles. The van der Waals surface area contributed by atoms with Gasteiger partial charge in [0.05, 0.1) is 6.04 Å². The highest BCUT2D eigenvalue weighted by molar-refractivity contribution is 5.90. The first-order valence-electron chi connectivity index (χ1n) is 10.1. The van der Waals surface area contributed by atoms with Crippen LogP contribution in [0.5, 0.6) is 0 Å². The van der Waals surface area contributed by atoms with Gasteiger partial charge in [0.2, 0.25) is 5.91 Å².